The summed E-state index contributed by atoms with van der Waals surface area (Å²) >= 11 is 0. The van der Waals surface area contributed by atoms with Crippen molar-refractivity contribution >= 4 is 5.91 Å². The molecule has 0 aromatic heterocycles. The highest BCUT2D eigenvalue weighted by Crippen LogP contribution is 1.94. The highest BCUT2D eigenvalue weighted by Gasteiger charge is 2.22. The van der Waals surface area contributed by atoms with E-state index in [0.29, 0.717) is 31.7 Å². The summed E-state index contributed by atoms with van der Waals surface area (Å²) in [6.07, 6.45) is 0.870. The zero-order chi connectivity index (χ0) is 13.4. The third kappa shape index (κ3) is 6.33. The normalized spacial score (nSPS) is 24.2. The maximum absolute atomic E-state index is 11.8. The fraction of sp³-hybridized carbons (Fsp3) is 0.923. The molecule has 1 rings (SSSR count). The number of hydrogen-bond donors (Lipinski definition) is 3. The predicted octanol–water partition coefficient (Wildman–Crippen LogP) is 0.115. The zero-order valence-corrected chi connectivity index (χ0v) is 11.8. The van der Waals surface area contributed by atoms with Crippen LogP contribution in [-0.4, -0.2) is 50.8 Å². The summed E-state index contributed by atoms with van der Waals surface area (Å²) in [5, 5.41) is 9.45. The van der Waals surface area contributed by atoms with Crippen LogP contribution >= 0.6 is 0 Å². The molecule has 5 nitrogen and oxygen atoms in total. The second-order valence-corrected chi connectivity index (χ2v) is 5.38. The number of amides is 1. The molecule has 1 heterocycles. The number of carbonyl (C=O) groups excluding carboxylic acids is 1. The van der Waals surface area contributed by atoms with Gasteiger partial charge in [-0.2, -0.15) is 0 Å². The molecule has 1 saturated heterocycles. The minimum Gasteiger partial charge on any atom is -0.381 e. The van der Waals surface area contributed by atoms with Crippen LogP contribution in [0, 0.1) is 5.92 Å². The van der Waals surface area contributed by atoms with Gasteiger partial charge < -0.3 is 20.7 Å². The molecule has 0 radical (unpaired) electrons. The molecule has 0 spiro atoms. The van der Waals surface area contributed by atoms with E-state index in [1.54, 1.807) is 0 Å². The van der Waals surface area contributed by atoms with Gasteiger partial charge in [-0.25, -0.2) is 0 Å². The number of piperazine rings is 1. The Morgan fingerprint density at radius 2 is 2.17 bits per heavy atom. The first-order chi connectivity index (χ1) is 8.59. The smallest absolute Gasteiger partial charge is 0.238 e. The van der Waals surface area contributed by atoms with Gasteiger partial charge in [-0.05, 0) is 19.3 Å². The van der Waals surface area contributed by atoms with Gasteiger partial charge >= 0.3 is 0 Å². The highest BCUT2D eigenvalue weighted by molar-refractivity contribution is 5.82. The number of carbonyl (C=O) groups is 1. The number of rotatable bonds is 7. The standard InChI is InChI=1S/C13H27N3O2/c1-10(2)9-18-6-4-5-14-13(17)12-8-15-11(3)7-16-12/h10-12,15-16H,4-9H2,1-3H3,(H,14,17). The van der Waals surface area contributed by atoms with Gasteiger partial charge in [0.1, 0.15) is 0 Å². The summed E-state index contributed by atoms with van der Waals surface area (Å²) in [5.74, 6) is 0.650. The Labute approximate surface area is 110 Å². The van der Waals surface area contributed by atoms with E-state index in [1.807, 2.05) is 0 Å². The Hall–Kier alpha value is -0.650. The lowest BCUT2D eigenvalue weighted by molar-refractivity contribution is -0.123. The van der Waals surface area contributed by atoms with Gasteiger partial charge in [0.15, 0.2) is 0 Å². The zero-order valence-electron chi connectivity index (χ0n) is 11.8. The quantitative estimate of drug-likeness (QED) is 0.567. The number of ether oxygens (including phenoxy) is 1. The molecule has 1 aliphatic rings. The third-order valence-electron chi connectivity index (χ3n) is 2.87. The lowest BCUT2D eigenvalue weighted by atomic mass is 10.1. The molecule has 3 N–H and O–H groups in total. The van der Waals surface area contributed by atoms with E-state index >= 15 is 0 Å². The van der Waals surface area contributed by atoms with Crippen LogP contribution in [0.3, 0.4) is 0 Å². The van der Waals surface area contributed by atoms with Crippen LogP contribution in [0.15, 0.2) is 0 Å². The first-order valence-corrected chi connectivity index (χ1v) is 6.91. The molecule has 0 saturated carbocycles. The summed E-state index contributed by atoms with van der Waals surface area (Å²) in [6.45, 7) is 10.1. The van der Waals surface area contributed by atoms with E-state index in [1.165, 1.54) is 0 Å². The molecular formula is C13H27N3O2. The van der Waals surface area contributed by atoms with Crippen molar-refractivity contribution in [1.29, 1.82) is 0 Å². The summed E-state index contributed by atoms with van der Waals surface area (Å²) in [7, 11) is 0. The Balaban J connectivity index is 2.00. The lowest BCUT2D eigenvalue weighted by Crippen LogP contribution is -2.58. The minimum atomic E-state index is -0.0993. The van der Waals surface area contributed by atoms with Crippen molar-refractivity contribution in [2.24, 2.45) is 5.92 Å². The van der Waals surface area contributed by atoms with Gasteiger partial charge in [0.2, 0.25) is 5.91 Å². The molecule has 0 aromatic rings. The first kappa shape index (κ1) is 15.4. The Kier molecular flexibility index (Phi) is 7.23. The molecule has 0 aliphatic carbocycles. The van der Waals surface area contributed by atoms with Gasteiger partial charge in [-0.1, -0.05) is 13.8 Å². The molecule has 0 bridgehead atoms. The first-order valence-electron chi connectivity index (χ1n) is 6.91. The topological polar surface area (TPSA) is 62.4 Å². The lowest BCUT2D eigenvalue weighted by Gasteiger charge is -2.28. The van der Waals surface area contributed by atoms with E-state index in [4.69, 9.17) is 4.74 Å². The Morgan fingerprint density at radius 1 is 1.39 bits per heavy atom. The Morgan fingerprint density at radius 3 is 2.78 bits per heavy atom. The van der Waals surface area contributed by atoms with Gasteiger partial charge in [-0.15, -0.1) is 0 Å². The number of hydrogen-bond acceptors (Lipinski definition) is 4. The van der Waals surface area contributed by atoms with Crippen LogP contribution < -0.4 is 16.0 Å². The van der Waals surface area contributed by atoms with Crippen molar-refractivity contribution in [3.63, 3.8) is 0 Å². The molecular weight excluding hydrogens is 230 g/mol. The van der Waals surface area contributed by atoms with Crippen molar-refractivity contribution in [2.45, 2.75) is 39.3 Å². The molecule has 5 heteroatoms. The molecule has 2 unspecified atom stereocenters. The van der Waals surface area contributed by atoms with Gasteiger partial charge in [-0.3, -0.25) is 4.79 Å². The van der Waals surface area contributed by atoms with Crippen LogP contribution in [-0.2, 0) is 9.53 Å². The van der Waals surface area contributed by atoms with E-state index in [0.717, 1.165) is 19.6 Å². The Bertz CT molecular complexity index is 238. The SMILES string of the molecule is CC(C)COCCCNC(=O)C1CNC(C)CN1. The average molecular weight is 257 g/mol. The highest BCUT2D eigenvalue weighted by atomic mass is 16.5. The number of nitrogens with one attached hydrogen (secondary N) is 3. The fourth-order valence-electron chi connectivity index (χ4n) is 1.80. The maximum atomic E-state index is 11.8. The van der Waals surface area contributed by atoms with Crippen LogP contribution in [0.2, 0.25) is 0 Å². The van der Waals surface area contributed by atoms with Gasteiger partial charge in [0, 0.05) is 38.9 Å². The molecule has 1 amide bonds. The predicted molar refractivity (Wildman–Crippen MR) is 72.5 cm³/mol. The molecule has 0 aromatic carbocycles. The van der Waals surface area contributed by atoms with Crippen LogP contribution in [0.5, 0.6) is 0 Å². The van der Waals surface area contributed by atoms with Crippen molar-refractivity contribution in [2.75, 3.05) is 32.8 Å². The van der Waals surface area contributed by atoms with Crippen LogP contribution in [0.25, 0.3) is 0 Å². The average Bonchev–Trinajstić information content (AvgIpc) is 2.34. The van der Waals surface area contributed by atoms with E-state index in [-0.39, 0.29) is 11.9 Å². The second-order valence-electron chi connectivity index (χ2n) is 5.38. The minimum absolute atomic E-state index is 0.0817. The van der Waals surface area contributed by atoms with Crippen LogP contribution in [0.4, 0.5) is 0 Å². The summed E-state index contributed by atoms with van der Waals surface area (Å²) in [5.41, 5.74) is 0. The van der Waals surface area contributed by atoms with Crippen molar-refractivity contribution < 1.29 is 9.53 Å². The van der Waals surface area contributed by atoms with E-state index in [2.05, 4.69) is 36.7 Å². The molecule has 1 fully saturated rings. The third-order valence-corrected chi connectivity index (χ3v) is 2.87. The molecule has 1 aliphatic heterocycles. The molecule has 106 valence electrons. The summed E-state index contributed by atoms with van der Waals surface area (Å²) in [4.78, 5) is 11.8. The molecule has 2 atom stereocenters. The van der Waals surface area contributed by atoms with Gasteiger partial charge in [0.25, 0.3) is 0 Å². The van der Waals surface area contributed by atoms with Crippen LogP contribution in [0.1, 0.15) is 27.2 Å². The van der Waals surface area contributed by atoms with E-state index < -0.39 is 0 Å². The summed E-state index contributed by atoms with van der Waals surface area (Å²) < 4.78 is 5.46. The van der Waals surface area contributed by atoms with Gasteiger partial charge in [0.05, 0.1) is 6.04 Å². The monoisotopic (exact) mass is 257 g/mol. The maximum Gasteiger partial charge on any atom is 0.238 e. The largest absolute Gasteiger partial charge is 0.381 e. The summed E-state index contributed by atoms with van der Waals surface area (Å²) in [6, 6.07) is 0.344. The van der Waals surface area contributed by atoms with Crippen molar-refractivity contribution in [1.82, 2.24) is 16.0 Å². The van der Waals surface area contributed by atoms with Crippen molar-refractivity contribution in [3.05, 3.63) is 0 Å². The van der Waals surface area contributed by atoms with E-state index in [9.17, 15) is 4.79 Å². The molecule has 18 heavy (non-hydrogen) atoms. The second kappa shape index (κ2) is 8.45. The van der Waals surface area contributed by atoms with Crippen molar-refractivity contribution in [3.8, 4) is 0 Å². The fourth-order valence-corrected chi connectivity index (χ4v) is 1.80.